The maximum Gasteiger partial charge on any atom is 0.133 e. The van der Waals surface area contributed by atoms with Gasteiger partial charge in [-0.2, -0.15) is 0 Å². The molecule has 0 atom stereocenters. The molecule has 2 N–H and O–H groups in total. The Labute approximate surface area is 114 Å². The van der Waals surface area contributed by atoms with Crippen LogP contribution in [0.1, 0.15) is 23.1 Å². The third-order valence-electron chi connectivity index (χ3n) is 3.68. The number of fused-ring (bicyclic) bond motifs is 1. The minimum absolute atomic E-state index is 0.560. The van der Waals surface area contributed by atoms with E-state index in [-0.39, 0.29) is 0 Å². The van der Waals surface area contributed by atoms with Crippen molar-refractivity contribution in [2.75, 3.05) is 11.4 Å². The van der Waals surface area contributed by atoms with Gasteiger partial charge in [0.05, 0.1) is 0 Å². The van der Waals surface area contributed by atoms with Crippen molar-refractivity contribution >= 4 is 11.5 Å². The first-order chi connectivity index (χ1) is 9.28. The molecule has 0 saturated carbocycles. The van der Waals surface area contributed by atoms with Crippen LogP contribution in [-0.4, -0.2) is 11.5 Å². The standard InChI is InChI=1S/C16H19N3/c1-12-4-5-15-14(9-12)3-2-8-19(15)16-10-13(11-17)6-7-18-16/h4-7,9-10H,2-3,8,11,17H2,1H3. The summed E-state index contributed by atoms with van der Waals surface area (Å²) in [6.45, 7) is 3.73. The number of benzene rings is 1. The number of rotatable bonds is 2. The number of hydrogen-bond acceptors (Lipinski definition) is 3. The van der Waals surface area contributed by atoms with E-state index in [0.29, 0.717) is 6.54 Å². The lowest BCUT2D eigenvalue weighted by molar-refractivity contribution is 0.758. The molecule has 0 unspecified atom stereocenters. The zero-order valence-corrected chi connectivity index (χ0v) is 11.3. The SMILES string of the molecule is Cc1ccc2c(c1)CCCN2c1cc(CN)ccn1. The van der Waals surface area contributed by atoms with Gasteiger partial charge < -0.3 is 10.6 Å². The molecule has 1 aliphatic rings. The van der Waals surface area contributed by atoms with Gasteiger partial charge in [0.25, 0.3) is 0 Å². The summed E-state index contributed by atoms with van der Waals surface area (Å²) >= 11 is 0. The molecular formula is C16H19N3. The number of aromatic nitrogens is 1. The van der Waals surface area contributed by atoms with Crippen molar-refractivity contribution in [2.24, 2.45) is 5.73 Å². The van der Waals surface area contributed by atoms with Gasteiger partial charge in [0.2, 0.25) is 0 Å². The third kappa shape index (κ3) is 2.34. The first kappa shape index (κ1) is 12.2. The molecule has 0 spiro atoms. The molecule has 0 radical (unpaired) electrons. The van der Waals surface area contributed by atoms with Gasteiger partial charge in [-0.25, -0.2) is 4.98 Å². The fraction of sp³-hybridized carbons (Fsp3) is 0.312. The zero-order valence-electron chi connectivity index (χ0n) is 11.3. The van der Waals surface area contributed by atoms with Crippen molar-refractivity contribution in [3.63, 3.8) is 0 Å². The first-order valence-electron chi connectivity index (χ1n) is 6.80. The monoisotopic (exact) mass is 253 g/mol. The molecule has 3 heteroatoms. The minimum atomic E-state index is 0.560. The highest BCUT2D eigenvalue weighted by Gasteiger charge is 2.19. The van der Waals surface area contributed by atoms with Crippen molar-refractivity contribution < 1.29 is 0 Å². The summed E-state index contributed by atoms with van der Waals surface area (Å²) in [5, 5.41) is 0. The summed E-state index contributed by atoms with van der Waals surface area (Å²) in [5.41, 5.74) is 10.9. The van der Waals surface area contributed by atoms with E-state index in [4.69, 9.17) is 5.73 Å². The number of pyridine rings is 1. The van der Waals surface area contributed by atoms with Gasteiger partial charge in [0.15, 0.2) is 0 Å². The molecule has 98 valence electrons. The normalized spacial score (nSPS) is 14.3. The molecule has 0 aliphatic carbocycles. The Bertz CT molecular complexity index is 592. The maximum atomic E-state index is 5.72. The number of hydrogen-bond donors (Lipinski definition) is 1. The van der Waals surface area contributed by atoms with Crippen LogP contribution >= 0.6 is 0 Å². The molecule has 0 saturated heterocycles. The van der Waals surface area contributed by atoms with Crippen LogP contribution in [0.25, 0.3) is 0 Å². The van der Waals surface area contributed by atoms with Crippen LogP contribution in [0.2, 0.25) is 0 Å². The lowest BCUT2D eigenvalue weighted by Crippen LogP contribution is -2.25. The van der Waals surface area contributed by atoms with Crippen LogP contribution in [0.3, 0.4) is 0 Å². The summed E-state index contributed by atoms with van der Waals surface area (Å²) in [5.74, 6) is 1.01. The molecule has 2 heterocycles. The molecule has 1 aromatic heterocycles. The molecule has 1 aliphatic heterocycles. The van der Waals surface area contributed by atoms with E-state index in [0.717, 1.165) is 24.3 Å². The Kier molecular flexibility index (Phi) is 3.22. The Balaban J connectivity index is 2.03. The van der Waals surface area contributed by atoms with Crippen LogP contribution in [0.15, 0.2) is 36.5 Å². The smallest absolute Gasteiger partial charge is 0.133 e. The van der Waals surface area contributed by atoms with Crippen molar-refractivity contribution in [1.29, 1.82) is 0 Å². The van der Waals surface area contributed by atoms with Gasteiger partial charge in [0, 0.05) is 25.0 Å². The van der Waals surface area contributed by atoms with Gasteiger partial charge in [-0.3, -0.25) is 0 Å². The largest absolute Gasteiger partial charge is 0.326 e. The predicted octanol–water partition coefficient (Wildman–Crippen LogP) is 2.93. The predicted molar refractivity (Wildman–Crippen MR) is 78.6 cm³/mol. The second-order valence-corrected chi connectivity index (χ2v) is 5.11. The zero-order chi connectivity index (χ0) is 13.2. The highest BCUT2D eigenvalue weighted by atomic mass is 15.2. The molecule has 3 rings (SSSR count). The summed E-state index contributed by atoms with van der Waals surface area (Å²) in [7, 11) is 0. The Morgan fingerprint density at radius 2 is 2.16 bits per heavy atom. The average molecular weight is 253 g/mol. The second kappa shape index (κ2) is 5.02. The van der Waals surface area contributed by atoms with Gasteiger partial charge in [-0.05, 0) is 49.1 Å². The first-order valence-corrected chi connectivity index (χ1v) is 6.80. The van der Waals surface area contributed by atoms with Crippen molar-refractivity contribution in [1.82, 2.24) is 4.98 Å². The Morgan fingerprint density at radius 3 is 3.00 bits per heavy atom. The van der Waals surface area contributed by atoms with Gasteiger partial charge in [-0.15, -0.1) is 0 Å². The van der Waals surface area contributed by atoms with Crippen molar-refractivity contribution in [2.45, 2.75) is 26.3 Å². The summed E-state index contributed by atoms with van der Waals surface area (Å²) in [4.78, 5) is 6.81. The van der Waals surface area contributed by atoms with Crippen LogP contribution in [0, 0.1) is 6.92 Å². The van der Waals surface area contributed by atoms with Crippen molar-refractivity contribution in [3.8, 4) is 0 Å². The van der Waals surface area contributed by atoms with Crippen LogP contribution in [0.4, 0.5) is 11.5 Å². The second-order valence-electron chi connectivity index (χ2n) is 5.11. The van der Waals surface area contributed by atoms with E-state index in [9.17, 15) is 0 Å². The highest BCUT2D eigenvalue weighted by Crippen LogP contribution is 2.33. The molecule has 3 nitrogen and oxygen atoms in total. The van der Waals surface area contributed by atoms with E-state index in [1.165, 1.54) is 23.2 Å². The van der Waals surface area contributed by atoms with Crippen LogP contribution < -0.4 is 10.6 Å². The Morgan fingerprint density at radius 1 is 1.26 bits per heavy atom. The fourth-order valence-electron chi connectivity index (χ4n) is 2.70. The molecular weight excluding hydrogens is 234 g/mol. The lowest BCUT2D eigenvalue weighted by Gasteiger charge is -2.30. The number of aryl methyl sites for hydroxylation is 2. The van der Waals surface area contributed by atoms with E-state index >= 15 is 0 Å². The molecule has 0 fully saturated rings. The van der Waals surface area contributed by atoms with Gasteiger partial charge >= 0.3 is 0 Å². The van der Waals surface area contributed by atoms with Gasteiger partial charge in [0.1, 0.15) is 5.82 Å². The van der Waals surface area contributed by atoms with E-state index in [1.807, 2.05) is 12.3 Å². The average Bonchev–Trinajstić information content (AvgIpc) is 2.46. The number of nitrogens with two attached hydrogens (primary N) is 1. The summed E-state index contributed by atoms with van der Waals surface area (Å²) < 4.78 is 0. The minimum Gasteiger partial charge on any atom is -0.326 e. The lowest BCUT2D eigenvalue weighted by atomic mass is 9.99. The fourth-order valence-corrected chi connectivity index (χ4v) is 2.70. The highest BCUT2D eigenvalue weighted by molar-refractivity contribution is 5.66. The summed E-state index contributed by atoms with van der Waals surface area (Å²) in [6, 6.07) is 10.7. The van der Waals surface area contributed by atoms with Crippen molar-refractivity contribution in [3.05, 3.63) is 53.2 Å². The molecule has 0 bridgehead atoms. The number of nitrogens with zero attached hydrogens (tertiary/aromatic N) is 2. The molecule has 0 amide bonds. The molecule has 1 aromatic carbocycles. The number of anilines is 2. The third-order valence-corrected chi connectivity index (χ3v) is 3.68. The van der Waals surface area contributed by atoms with E-state index in [2.05, 4.69) is 41.1 Å². The Hall–Kier alpha value is -1.87. The molecule has 2 aromatic rings. The summed E-state index contributed by atoms with van der Waals surface area (Å²) in [6.07, 6.45) is 4.18. The van der Waals surface area contributed by atoms with E-state index in [1.54, 1.807) is 0 Å². The maximum absolute atomic E-state index is 5.72. The quantitative estimate of drug-likeness (QED) is 0.894. The molecule has 19 heavy (non-hydrogen) atoms. The van der Waals surface area contributed by atoms with Crippen LogP contribution in [-0.2, 0) is 13.0 Å². The van der Waals surface area contributed by atoms with Crippen LogP contribution in [0.5, 0.6) is 0 Å². The topological polar surface area (TPSA) is 42.1 Å². The van der Waals surface area contributed by atoms with Gasteiger partial charge in [-0.1, -0.05) is 17.7 Å². The van der Waals surface area contributed by atoms with E-state index < -0.39 is 0 Å².